The number of rotatable bonds is 26. The van der Waals surface area contributed by atoms with Crippen molar-refractivity contribution in [2.24, 2.45) is 0 Å². The van der Waals surface area contributed by atoms with Gasteiger partial charge in [-0.1, -0.05) is 129 Å². The van der Waals surface area contributed by atoms with Gasteiger partial charge in [-0.15, -0.1) is 0 Å². The maximum atomic E-state index is 14.4. The molecule has 0 bridgehead atoms. The molecule has 0 aromatic rings. The van der Waals surface area contributed by atoms with Crippen molar-refractivity contribution in [1.29, 1.82) is 0 Å². The molecular formula is C29H51F8NO. The summed E-state index contributed by atoms with van der Waals surface area (Å²) in [4.78, 5) is 12.8. The van der Waals surface area contributed by atoms with E-state index < -0.39 is 30.1 Å². The molecule has 0 N–H and O–H groups in total. The molecule has 2 nitrogen and oxygen atoms in total. The van der Waals surface area contributed by atoms with Crippen molar-refractivity contribution >= 4 is 5.91 Å². The van der Waals surface area contributed by atoms with Crippen LogP contribution in [0.2, 0.25) is 0 Å². The lowest BCUT2D eigenvalue weighted by Gasteiger charge is -2.34. The molecule has 0 saturated carbocycles. The van der Waals surface area contributed by atoms with Crippen LogP contribution in [0, 0.1) is 0 Å². The first-order chi connectivity index (χ1) is 18.4. The van der Waals surface area contributed by atoms with Gasteiger partial charge in [0.15, 0.2) is 0 Å². The number of carbonyl (C=O) groups excluding carboxylic acids is 1. The second-order valence-corrected chi connectivity index (χ2v) is 10.7. The van der Waals surface area contributed by atoms with Gasteiger partial charge in [-0.2, -0.15) is 26.3 Å². The summed E-state index contributed by atoms with van der Waals surface area (Å²) < 4.78 is 108. The molecule has 0 unspecified atom stereocenters. The van der Waals surface area contributed by atoms with E-state index in [0.29, 0.717) is 17.7 Å². The van der Waals surface area contributed by atoms with Crippen molar-refractivity contribution in [3.05, 3.63) is 0 Å². The summed E-state index contributed by atoms with van der Waals surface area (Å²) in [5.74, 6) is -21.3. The van der Waals surface area contributed by atoms with Gasteiger partial charge >= 0.3 is 24.2 Å². The van der Waals surface area contributed by atoms with Gasteiger partial charge in [-0.05, 0) is 12.8 Å². The lowest BCUT2D eigenvalue weighted by Crippen LogP contribution is -2.63. The molecule has 0 aromatic heterocycles. The van der Waals surface area contributed by atoms with Crippen molar-refractivity contribution in [2.45, 2.75) is 166 Å². The van der Waals surface area contributed by atoms with Gasteiger partial charge in [0, 0.05) is 13.1 Å². The zero-order valence-electron chi connectivity index (χ0n) is 24.0. The Kier molecular flexibility index (Phi) is 20.2. The minimum Gasteiger partial charge on any atom is -0.337 e. The minimum atomic E-state index is -6.51. The number of alkyl halides is 8. The van der Waals surface area contributed by atoms with Crippen LogP contribution in [-0.2, 0) is 4.79 Å². The molecule has 0 rings (SSSR count). The molecule has 0 aliphatic heterocycles. The predicted octanol–water partition coefficient (Wildman–Crippen LogP) is 10.8. The van der Waals surface area contributed by atoms with E-state index in [1.807, 2.05) is 0 Å². The fraction of sp³-hybridized carbons (Fsp3) is 0.966. The summed E-state index contributed by atoms with van der Waals surface area (Å²) in [6.45, 7) is 3.65. The lowest BCUT2D eigenvalue weighted by molar-refractivity contribution is -0.329. The van der Waals surface area contributed by atoms with Gasteiger partial charge in [-0.3, -0.25) is 4.79 Å². The first-order valence-electron chi connectivity index (χ1n) is 15.1. The van der Waals surface area contributed by atoms with Crippen molar-refractivity contribution in [3.63, 3.8) is 0 Å². The van der Waals surface area contributed by atoms with Crippen molar-refractivity contribution in [2.75, 3.05) is 13.1 Å². The molecule has 0 fully saturated rings. The Labute approximate surface area is 230 Å². The van der Waals surface area contributed by atoms with Gasteiger partial charge < -0.3 is 4.90 Å². The van der Waals surface area contributed by atoms with E-state index >= 15 is 0 Å². The molecule has 0 heterocycles. The fourth-order valence-corrected chi connectivity index (χ4v) is 4.57. The van der Waals surface area contributed by atoms with Crippen molar-refractivity contribution < 1.29 is 39.9 Å². The molecule has 0 atom stereocenters. The maximum absolute atomic E-state index is 14.4. The zero-order valence-corrected chi connectivity index (χ0v) is 24.0. The third-order valence-electron chi connectivity index (χ3n) is 7.21. The monoisotopic (exact) mass is 581 g/mol. The lowest BCUT2D eigenvalue weighted by atomic mass is 10.0. The van der Waals surface area contributed by atoms with Gasteiger partial charge in [0.05, 0.1) is 0 Å². The van der Waals surface area contributed by atoms with Gasteiger partial charge in [0.25, 0.3) is 5.91 Å². The standard InChI is InChI=1S/C29H51F8NO/c1-3-5-7-9-11-13-15-17-19-21-23-38(24-22-20-18-16-14-12-10-8-6-4-2)26(39)28(34,35)29(36,37)27(32,33)25(30)31/h25H,3-24H2,1-2H3. The van der Waals surface area contributed by atoms with Crippen molar-refractivity contribution in [1.82, 2.24) is 4.90 Å². The van der Waals surface area contributed by atoms with E-state index in [-0.39, 0.29) is 25.9 Å². The van der Waals surface area contributed by atoms with Crippen LogP contribution in [0.4, 0.5) is 35.1 Å². The highest BCUT2D eigenvalue weighted by Gasteiger charge is 2.78. The number of hydrogen-bond donors (Lipinski definition) is 0. The largest absolute Gasteiger partial charge is 0.392 e. The molecule has 0 aromatic carbocycles. The summed E-state index contributed by atoms with van der Waals surface area (Å²) in [6, 6.07) is 0. The van der Waals surface area contributed by atoms with Crippen LogP contribution in [-0.4, -0.2) is 48.1 Å². The number of nitrogens with zero attached hydrogens (tertiary/aromatic N) is 1. The highest BCUT2D eigenvalue weighted by atomic mass is 19.4. The average molecular weight is 582 g/mol. The molecule has 234 valence electrons. The maximum Gasteiger partial charge on any atom is 0.392 e. The van der Waals surface area contributed by atoms with E-state index in [1.54, 1.807) is 0 Å². The summed E-state index contributed by atoms with van der Waals surface area (Å²) in [5, 5.41) is 0. The van der Waals surface area contributed by atoms with E-state index in [4.69, 9.17) is 0 Å². The number of unbranched alkanes of at least 4 members (excludes halogenated alkanes) is 18. The van der Waals surface area contributed by atoms with E-state index in [2.05, 4.69) is 13.8 Å². The van der Waals surface area contributed by atoms with Gasteiger partial charge in [0.2, 0.25) is 0 Å². The molecule has 10 heteroatoms. The topological polar surface area (TPSA) is 20.3 Å². The Bertz CT molecular complexity index is 592. The Morgan fingerprint density at radius 1 is 0.538 bits per heavy atom. The molecule has 0 aliphatic rings. The number of halogens is 8. The van der Waals surface area contributed by atoms with Crippen LogP contribution in [0.3, 0.4) is 0 Å². The minimum absolute atomic E-state index is 0.242. The van der Waals surface area contributed by atoms with Crippen LogP contribution in [0.25, 0.3) is 0 Å². The second-order valence-electron chi connectivity index (χ2n) is 10.7. The predicted molar refractivity (Wildman–Crippen MR) is 141 cm³/mol. The molecule has 39 heavy (non-hydrogen) atoms. The van der Waals surface area contributed by atoms with E-state index in [9.17, 15) is 39.9 Å². The number of carbonyl (C=O) groups is 1. The second kappa shape index (κ2) is 20.7. The SMILES string of the molecule is CCCCCCCCCCCCN(CCCCCCCCCCCC)C(=O)C(F)(F)C(F)(F)C(F)(F)C(F)F. The normalized spacial score (nSPS) is 12.9. The van der Waals surface area contributed by atoms with Crippen LogP contribution >= 0.6 is 0 Å². The molecular weight excluding hydrogens is 530 g/mol. The summed E-state index contributed by atoms with van der Waals surface area (Å²) >= 11 is 0. The quantitative estimate of drug-likeness (QED) is 0.0735. The molecule has 0 spiro atoms. The van der Waals surface area contributed by atoms with Gasteiger partial charge in [0.1, 0.15) is 0 Å². The highest BCUT2D eigenvalue weighted by molar-refractivity contribution is 5.85. The highest BCUT2D eigenvalue weighted by Crippen LogP contribution is 2.49. The Morgan fingerprint density at radius 3 is 1.10 bits per heavy atom. The Hall–Kier alpha value is -1.09. The summed E-state index contributed by atoms with van der Waals surface area (Å²) in [5.41, 5.74) is 0. The first-order valence-corrected chi connectivity index (χ1v) is 15.1. The van der Waals surface area contributed by atoms with Crippen LogP contribution in [0.5, 0.6) is 0 Å². The zero-order chi connectivity index (χ0) is 29.8. The first kappa shape index (κ1) is 37.9. The molecule has 0 radical (unpaired) electrons. The van der Waals surface area contributed by atoms with Gasteiger partial charge in [-0.25, -0.2) is 8.78 Å². The van der Waals surface area contributed by atoms with E-state index in [1.165, 1.54) is 25.7 Å². The molecule has 0 saturated heterocycles. The summed E-state index contributed by atoms with van der Waals surface area (Å²) in [7, 11) is 0. The molecule has 1 amide bonds. The summed E-state index contributed by atoms with van der Waals surface area (Å²) in [6.07, 6.45) is 13.4. The van der Waals surface area contributed by atoms with E-state index in [0.717, 1.165) is 77.0 Å². The van der Waals surface area contributed by atoms with Crippen LogP contribution < -0.4 is 0 Å². The Morgan fingerprint density at radius 2 is 0.821 bits per heavy atom. The third-order valence-corrected chi connectivity index (χ3v) is 7.21. The smallest absolute Gasteiger partial charge is 0.337 e. The molecule has 0 aliphatic carbocycles. The number of amides is 1. The van der Waals surface area contributed by atoms with Crippen molar-refractivity contribution in [3.8, 4) is 0 Å². The number of hydrogen-bond acceptors (Lipinski definition) is 1. The Balaban J connectivity index is 4.87. The average Bonchev–Trinajstić information content (AvgIpc) is 2.88. The third kappa shape index (κ3) is 13.9. The van der Waals surface area contributed by atoms with Crippen LogP contribution in [0.1, 0.15) is 142 Å². The fourth-order valence-electron chi connectivity index (χ4n) is 4.57. The van der Waals surface area contributed by atoms with Crippen LogP contribution in [0.15, 0.2) is 0 Å².